The van der Waals surface area contributed by atoms with Crippen LogP contribution in [0.3, 0.4) is 0 Å². The summed E-state index contributed by atoms with van der Waals surface area (Å²) < 4.78 is 10.8. The van der Waals surface area contributed by atoms with Gasteiger partial charge in [-0.3, -0.25) is 4.99 Å². The van der Waals surface area contributed by atoms with Gasteiger partial charge in [-0.25, -0.2) is 0 Å². The first-order chi connectivity index (χ1) is 13.6. The molecule has 0 unspecified atom stereocenters. The highest BCUT2D eigenvalue weighted by molar-refractivity contribution is 6.04. The number of nitrogens with two attached hydrogens (primary N) is 1. The second-order valence-electron chi connectivity index (χ2n) is 6.95. The topological polar surface area (TPSA) is 85.7 Å². The van der Waals surface area contributed by atoms with Crippen LogP contribution < -0.4 is 11.1 Å². The van der Waals surface area contributed by atoms with Gasteiger partial charge in [0.25, 0.3) is 6.01 Å². The number of benzene rings is 2. The van der Waals surface area contributed by atoms with Crippen LogP contribution in [0.1, 0.15) is 18.4 Å². The monoisotopic (exact) mass is 376 g/mol. The van der Waals surface area contributed by atoms with Gasteiger partial charge in [0.05, 0.1) is 6.04 Å². The highest BCUT2D eigenvalue weighted by Crippen LogP contribution is 2.29. The van der Waals surface area contributed by atoms with Crippen molar-refractivity contribution in [3.8, 4) is 11.1 Å². The molecule has 1 aromatic heterocycles. The van der Waals surface area contributed by atoms with Crippen molar-refractivity contribution in [2.75, 3.05) is 24.3 Å². The van der Waals surface area contributed by atoms with Gasteiger partial charge in [0, 0.05) is 18.9 Å². The van der Waals surface area contributed by atoms with Gasteiger partial charge < -0.3 is 20.2 Å². The van der Waals surface area contributed by atoms with Crippen molar-refractivity contribution in [3.63, 3.8) is 0 Å². The molecule has 1 aliphatic rings. The first-order valence-corrected chi connectivity index (χ1v) is 9.44. The second-order valence-corrected chi connectivity index (χ2v) is 6.95. The van der Waals surface area contributed by atoms with Crippen molar-refractivity contribution in [2.45, 2.75) is 25.8 Å². The van der Waals surface area contributed by atoms with Crippen molar-refractivity contribution in [1.29, 1.82) is 0 Å². The highest BCUT2D eigenvalue weighted by Gasteiger charge is 2.13. The number of rotatable bonds is 4. The zero-order chi connectivity index (χ0) is 19.5. The summed E-state index contributed by atoms with van der Waals surface area (Å²) in [6.45, 7) is 7.52. The predicted octanol–water partition coefficient (Wildman–Crippen LogP) is 4.56. The summed E-state index contributed by atoms with van der Waals surface area (Å²) >= 11 is 0. The van der Waals surface area contributed by atoms with Crippen LogP contribution >= 0.6 is 0 Å². The van der Waals surface area contributed by atoms with Crippen LogP contribution in [0.15, 0.2) is 58.5 Å². The molecule has 4 rings (SSSR count). The molecule has 0 bridgehead atoms. The molecule has 28 heavy (non-hydrogen) atoms. The maximum absolute atomic E-state index is 5.65. The fourth-order valence-electron chi connectivity index (χ4n) is 3.35. The van der Waals surface area contributed by atoms with Crippen molar-refractivity contribution < 1.29 is 9.15 Å². The number of nitrogen functional groups attached to an aromatic ring is 1. The van der Waals surface area contributed by atoms with E-state index in [2.05, 4.69) is 42.0 Å². The lowest BCUT2D eigenvalue weighted by Crippen LogP contribution is -2.22. The van der Waals surface area contributed by atoms with Gasteiger partial charge in [-0.15, -0.1) is 0 Å². The molecule has 2 heterocycles. The number of ether oxygens (including phenoxy) is 1. The molecule has 0 amide bonds. The molecule has 144 valence electrons. The lowest BCUT2D eigenvalue weighted by Gasteiger charge is -2.20. The normalized spacial score (nSPS) is 15.7. The molecule has 0 atom stereocenters. The molecule has 2 aromatic carbocycles. The molecular formula is C22H24N4O2. The molecule has 3 N–H and O–H groups in total. The van der Waals surface area contributed by atoms with Gasteiger partial charge in [0.15, 0.2) is 5.58 Å². The van der Waals surface area contributed by atoms with Gasteiger partial charge in [0.1, 0.15) is 11.4 Å². The average Bonchev–Trinajstić information content (AvgIpc) is 3.09. The predicted molar refractivity (Wildman–Crippen MR) is 114 cm³/mol. The van der Waals surface area contributed by atoms with E-state index in [4.69, 9.17) is 19.9 Å². The molecule has 0 saturated carbocycles. The molecule has 1 saturated heterocycles. The number of hydrogen-bond donors (Lipinski definition) is 2. The van der Waals surface area contributed by atoms with Crippen molar-refractivity contribution in [3.05, 3.63) is 54.6 Å². The number of oxazole rings is 1. The zero-order valence-corrected chi connectivity index (χ0v) is 15.9. The van der Waals surface area contributed by atoms with E-state index in [-0.39, 0.29) is 12.1 Å². The van der Waals surface area contributed by atoms with Crippen molar-refractivity contribution >= 4 is 28.6 Å². The Labute approximate surface area is 164 Å². The standard InChI is InChI=1S/C22H24N4O2/c1-3-21(24-17-8-10-27-11-9-17)25-18-12-15(5-4-14(18)2)16-6-7-20-19(13-16)26-22(23)28-20/h3-7,12-13,17H,1,8-11H2,2H3,(H2,23,26)(H,24,25). The van der Waals surface area contributed by atoms with Gasteiger partial charge in [0.2, 0.25) is 0 Å². The third kappa shape index (κ3) is 3.92. The maximum atomic E-state index is 5.65. The average molecular weight is 376 g/mol. The van der Waals surface area contributed by atoms with Gasteiger partial charge in [-0.1, -0.05) is 24.8 Å². The second kappa shape index (κ2) is 7.86. The van der Waals surface area contributed by atoms with E-state index in [0.29, 0.717) is 5.58 Å². The maximum Gasteiger partial charge on any atom is 0.292 e. The van der Waals surface area contributed by atoms with E-state index in [1.54, 1.807) is 6.08 Å². The van der Waals surface area contributed by atoms with Gasteiger partial charge in [-0.2, -0.15) is 4.98 Å². The van der Waals surface area contributed by atoms with Crippen LogP contribution in [0, 0.1) is 6.92 Å². The van der Waals surface area contributed by atoms with E-state index < -0.39 is 0 Å². The van der Waals surface area contributed by atoms with Crippen LogP contribution in [0.4, 0.5) is 11.7 Å². The number of fused-ring (bicyclic) bond motifs is 1. The van der Waals surface area contributed by atoms with Gasteiger partial charge >= 0.3 is 0 Å². The number of aromatic nitrogens is 1. The molecular weight excluding hydrogens is 352 g/mol. The van der Waals surface area contributed by atoms with Crippen molar-refractivity contribution in [2.24, 2.45) is 4.99 Å². The summed E-state index contributed by atoms with van der Waals surface area (Å²) in [7, 11) is 0. The zero-order valence-electron chi connectivity index (χ0n) is 15.9. The van der Waals surface area contributed by atoms with E-state index in [1.165, 1.54) is 0 Å². The van der Waals surface area contributed by atoms with E-state index in [0.717, 1.165) is 59.8 Å². The lowest BCUT2D eigenvalue weighted by molar-refractivity contribution is 0.0871. The Morgan fingerprint density at radius 1 is 1.21 bits per heavy atom. The Balaban J connectivity index is 1.62. The Kier molecular flexibility index (Phi) is 5.12. The number of nitrogens with one attached hydrogen (secondary N) is 1. The first-order valence-electron chi connectivity index (χ1n) is 9.44. The van der Waals surface area contributed by atoms with Crippen LogP contribution in [-0.2, 0) is 4.74 Å². The molecule has 1 fully saturated rings. The minimum atomic E-state index is 0.179. The number of hydrogen-bond acceptors (Lipinski definition) is 5. The fourth-order valence-corrected chi connectivity index (χ4v) is 3.35. The van der Waals surface area contributed by atoms with Crippen LogP contribution in [0.5, 0.6) is 0 Å². The number of anilines is 2. The highest BCUT2D eigenvalue weighted by atomic mass is 16.5. The Morgan fingerprint density at radius 2 is 1.96 bits per heavy atom. The van der Waals surface area contributed by atoms with Gasteiger partial charge in [-0.05, 0) is 60.7 Å². The molecule has 6 nitrogen and oxygen atoms in total. The summed E-state index contributed by atoms with van der Waals surface area (Å²) in [6.07, 6.45) is 3.66. The number of nitrogens with zero attached hydrogens (tertiary/aromatic N) is 2. The number of aliphatic imine (C=N–C) groups is 1. The van der Waals surface area contributed by atoms with Crippen molar-refractivity contribution in [1.82, 2.24) is 4.98 Å². The lowest BCUT2D eigenvalue weighted by atomic mass is 10.0. The minimum Gasteiger partial charge on any atom is -0.424 e. The Morgan fingerprint density at radius 3 is 2.75 bits per heavy atom. The summed E-state index contributed by atoms with van der Waals surface area (Å²) in [5.41, 5.74) is 11.3. The fraction of sp³-hybridized carbons (Fsp3) is 0.273. The third-order valence-electron chi connectivity index (χ3n) is 4.94. The molecule has 0 radical (unpaired) electrons. The number of aryl methyl sites for hydroxylation is 1. The van der Waals surface area contributed by atoms with E-state index in [1.807, 2.05) is 18.2 Å². The summed E-state index contributed by atoms with van der Waals surface area (Å²) in [6, 6.07) is 12.6. The first kappa shape index (κ1) is 18.3. The molecule has 1 aliphatic heterocycles. The third-order valence-corrected chi connectivity index (χ3v) is 4.94. The minimum absolute atomic E-state index is 0.179. The number of amidine groups is 1. The van der Waals surface area contributed by atoms with E-state index >= 15 is 0 Å². The molecule has 0 spiro atoms. The Hall–Kier alpha value is -3.12. The summed E-state index contributed by atoms with van der Waals surface area (Å²) in [4.78, 5) is 9.03. The molecule has 6 heteroatoms. The van der Waals surface area contributed by atoms with Crippen LogP contribution in [0.2, 0.25) is 0 Å². The summed E-state index contributed by atoms with van der Waals surface area (Å²) in [5, 5.41) is 3.43. The summed E-state index contributed by atoms with van der Waals surface area (Å²) in [5.74, 6) is 0.784. The largest absolute Gasteiger partial charge is 0.424 e. The SMILES string of the molecule is C=CC(=NC1CCOCC1)Nc1cc(-c2ccc3oc(N)nc3c2)ccc1C. The quantitative estimate of drug-likeness (QED) is 0.515. The Bertz CT molecular complexity index is 1030. The van der Waals surface area contributed by atoms with Crippen LogP contribution in [-0.4, -0.2) is 30.1 Å². The molecule has 3 aromatic rings. The molecule has 0 aliphatic carbocycles. The smallest absolute Gasteiger partial charge is 0.292 e. The van der Waals surface area contributed by atoms with Crippen LogP contribution in [0.25, 0.3) is 22.2 Å². The van der Waals surface area contributed by atoms with E-state index in [9.17, 15) is 0 Å².